The van der Waals surface area contributed by atoms with Gasteiger partial charge in [-0.15, -0.1) is 0 Å². The Balaban J connectivity index is 2.15. The standard InChI is InChI=1S/C12H15NO2/c1-8(14)10-4-2-3-5-11(10)13-12(15)9-6-7-9/h2-5,8-9,14H,6-7H2,1H3,(H,13,15). The zero-order valence-electron chi connectivity index (χ0n) is 8.73. The summed E-state index contributed by atoms with van der Waals surface area (Å²) in [6.45, 7) is 1.70. The zero-order chi connectivity index (χ0) is 10.8. The van der Waals surface area contributed by atoms with Crippen LogP contribution in [-0.2, 0) is 4.79 Å². The van der Waals surface area contributed by atoms with E-state index in [2.05, 4.69) is 5.32 Å². The summed E-state index contributed by atoms with van der Waals surface area (Å²) in [5.74, 6) is 0.259. The first kappa shape index (κ1) is 10.2. The van der Waals surface area contributed by atoms with Crippen molar-refractivity contribution in [3.8, 4) is 0 Å². The molecule has 3 nitrogen and oxygen atoms in total. The molecule has 1 amide bonds. The molecule has 1 atom stereocenters. The van der Waals surface area contributed by atoms with E-state index in [4.69, 9.17) is 0 Å². The molecule has 3 heteroatoms. The minimum atomic E-state index is -0.555. The Morgan fingerprint density at radius 2 is 2.13 bits per heavy atom. The van der Waals surface area contributed by atoms with Gasteiger partial charge in [0, 0.05) is 17.2 Å². The van der Waals surface area contributed by atoms with Crippen LogP contribution in [0.3, 0.4) is 0 Å². The number of hydrogen-bond acceptors (Lipinski definition) is 2. The molecular formula is C12H15NO2. The Kier molecular flexibility index (Phi) is 2.73. The molecule has 0 saturated heterocycles. The van der Waals surface area contributed by atoms with Gasteiger partial charge in [0.25, 0.3) is 0 Å². The van der Waals surface area contributed by atoms with E-state index in [0.717, 1.165) is 24.1 Å². The molecule has 1 aromatic carbocycles. The Labute approximate surface area is 89.1 Å². The van der Waals surface area contributed by atoms with E-state index in [-0.39, 0.29) is 11.8 Å². The molecule has 0 spiro atoms. The highest BCUT2D eigenvalue weighted by molar-refractivity contribution is 5.94. The van der Waals surface area contributed by atoms with Crippen molar-refractivity contribution >= 4 is 11.6 Å². The highest BCUT2D eigenvalue weighted by atomic mass is 16.3. The second kappa shape index (κ2) is 4.03. The van der Waals surface area contributed by atoms with Gasteiger partial charge in [0.15, 0.2) is 0 Å². The summed E-state index contributed by atoms with van der Waals surface area (Å²) in [4.78, 5) is 11.6. The summed E-state index contributed by atoms with van der Waals surface area (Å²) in [6, 6.07) is 7.36. The molecule has 1 aliphatic carbocycles. The van der Waals surface area contributed by atoms with Crippen LogP contribution < -0.4 is 5.32 Å². The quantitative estimate of drug-likeness (QED) is 0.793. The Bertz CT molecular complexity index is 370. The van der Waals surface area contributed by atoms with Gasteiger partial charge in [0.05, 0.1) is 6.10 Å². The number of aliphatic hydroxyl groups excluding tert-OH is 1. The zero-order valence-corrected chi connectivity index (χ0v) is 8.73. The molecule has 1 unspecified atom stereocenters. The van der Waals surface area contributed by atoms with Crippen LogP contribution in [0.2, 0.25) is 0 Å². The number of amides is 1. The van der Waals surface area contributed by atoms with Gasteiger partial charge in [-0.25, -0.2) is 0 Å². The molecule has 80 valence electrons. The number of hydrogen-bond donors (Lipinski definition) is 2. The summed E-state index contributed by atoms with van der Waals surface area (Å²) < 4.78 is 0. The fraction of sp³-hybridized carbons (Fsp3) is 0.417. The fourth-order valence-corrected chi connectivity index (χ4v) is 1.56. The maximum Gasteiger partial charge on any atom is 0.227 e. The van der Waals surface area contributed by atoms with E-state index >= 15 is 0 Å². The highest BCUT2D eigenvalue weighted by Gasteiger charge is 2.29. The SMILES string of the molecule is CC(O)c1ccccc1NC(=O)C1CC1. The molecule has 0 bridgehead atoms. The van der Waals surface area contributed by atoms with Crippen molar-refractivity contribution in [2.24, 2.45) is 5.92 Å². The number of carbonyl (C=O) groups is 1. The third-order valence-electron chi connectivity index (χ3n) is 2.62. The van der Waals surface area contributed by atoms with E-state index in [1.807, 2.05) is 24.3 Å². The molecule has 0 aliphatic heterocycles. The number of aliphatic hydroxyl groups is 1. The Morgan fingerprint density at radius 3 is 2.73 bits per heavy atom. The van der Waals surface area contributed by atoms with Gasteiger partial charge < -0.3 is 10.4 Å². The first-order chi connectivity index (χ1) is 7.18. The molecule has 0 radical (unpaired) electrons. The van der Waals surface area contributed by atoms with Crippen molar-refractivity contribution in [3.63, 3.8) is 0 Å². The van der Waals surface area contributed by atoms with Crippen LogP contribution in [0.25, 0.3) is 0 Å². The van der Waals surface area contributed by atoms with E-state index in [1.165, 1.54) is 0 Å². The van der Waals surface area contributed by atoms with Crippen molar-refractivity contribution in [2.45, 2.75) is 25.9 Å². The minimum absolute atomic E-state index is 0.0723. The lowest BCUT2D eigenvalue weighted by Crippen LogP contribution is -2.15. The molecule has 2 N–H and O–H groups in total. The lowest BCUT2D eigenvalue weighted by Gasteiger charge is -2.12. The number of benzene rings is 1. The van der Waals surface area contributed by atoms with Gasteiger partial charge in [-0.2, -0.15) is 0 Å². The lowest BCUT2D eigenvalue weighted by molar-refractivity contribution is -0.117. The van der Waals surface area contributed by atoms with Crippen LogP contribution in [0.1, 0.15) is 31.4 Å². The van der Waals surface area contributed by atoms with E-state index in [9.17, 15) is 9.90 Å². The van der Waals surface area contributed by atoms with Gasteiger partial charge in [-0.1, -0.05) is 18.2 Å². The third-order valence-corrected chi connectivity index (χ3v) is 2.62. The summed E-state index contributed by atoms with van der Waals surface area (Å²) in [6.07, 6.45) is 1.42. The van der Waals surface area contributed by atoms with Gasteiger partial charge in [0.1, 0.15) is 0 Å². The maximum absolute atomic E-state index is 11.6. The predicted molar refractivity (Wildman–Crippen MR) is 58.4 cm³/mol. The summed E-state index contributed by atoms with van der Waals surface area (Å²) in [7, 11) is 0. The normalized spacial score (nSPS) is 17.2. The maximum atomic E-state index is 11.6. The molecular weight excluding hydrogens is 190 g/mol. The topological polar surface area (TPSA) is 49.3 Å². The summed E-state index contributed by atoms with van der Waals surface area (Å²) >= 11 is 0. The van der Waals surface area contributed by atoms with Gasteiger partial charge >= 0.3 is 0 Å². The first-order valence-corrected chi connectivity index (χ1v) is 5.26. The Hall–Kier alpha value is -1.35. The van der Waals surface area contributed by atoms with Crippen LogP contribution in [0.5, 0.6) is 0 Å². The second-order valence-electron chi connectivity index (χ2n) is 4.03. The molecule has 2 rings (SSSR count). The second-order valence-corrected chi connectivity index (χ2v) is 4.03. The van der Waals surface area contributed by atoms with Crippen LogP contribution in [0.15, 0.2) is 24.3 Å². The van der Waals surface area contributed by atoms with Crippen LogP contribution >= 0.6 is 0 Å². The highest BCUT2D eigenvalue weighted by Crippen LogP contribution is 2.31. The monoisotopic (exact) mass is 205 g/mol. The van der Waals surface area contributed by atoms with Crippen molar-refractivity contribution < 1.29 is 9.90 Å². The molecule has 1 saturated carbocycles. The van der Waals surface area contributed by atoms with Gasteiger partial charge in [0.2, 0.25) is 5.91 Å². The van der Waals surface area contributed by atoms with E-state index in [1.54, 1.807) is 6.92 Å². The average Bonchev–Trinajstić information content (AvgIpc) is 3.01. The molecule has 0 heterocycles. The first-order valence-electron chi connectivity index (χ1n) is 5.26. The van der Waals surface area contributed by atoms with Crippen molar-refractivity contribution in [3.05, 3.63) is 29.8 Å². The van der Waals surface area contributed by atoms with E-state index in [0.29, 0.717) is 0 Å². The summed E-state index contributed by atoms with van der Waals surface area (Å²) in [5, 5.41) is 12.4. The predicted octanol–water partition coefficient (Wildman–Crippen LogP) is 2.09. The van der Waals surface area contributed by atoms with Crippen molar-refractivity contribution in [1.82, 2.24) is 0 Å². The van der Waals surface area contributed by atoms with Gasteiger partial charge in [-0.05, 0) is 25.8 Å². The van der Waals surface area contributed by atoms with Crippen LogP contribution in [0, 0.1) is 5.92 Å². The average molecular weight is 205 g/mol. The largest absolute Gasteiger partial charge is 0.389 e. The van der Waals surface area contributed by atoms with Crippen molar-refractivity contribution in [2.75, 3.05) is 5.32 Å². The fourth-order valence-electron chi connectivity index (χ4n) is 1.56. The number of nitrogens with one attached hydrogen (secondary N) is 1. The van der Waals surface area contributed by atoms with Crippen LogP contribution in [-0.4, -0.2) is 11.0 Å². The smallest absolute Gasteiger partial charge is 0.227 e. The van der Waals surface area contributed by atoms with Gasteiger partial charge in [-0.3, -0.25) is 4.79 Å². The molecule has 0 aromatic heterocycles. The minimum Gasteiger partial charge on any atom is -0.389 e. The lowest BCUT2D eigenvalue weighted by atomic mass is 10.1. The van der Waals surface area contributed by atoms with E-state index < -0.39 is 6.10 Å². The molecule has 1 aromatic rings. The third kappa shape index (κ3) is 2.36. The number of para-hydroxylation sites is 1. The van der Waals surface area contributed by atoms with Crippen molar-refractivity contribution in [1.29, 1.82) is 0 Å². The summed E-state index contributed by atoms with van der Waals surface area (Å²) in [5.41, 5.74) is 1.50. The Morgan fingerprint density at radius 1 is 1.47 bits per heavy atom. The van der Waals surface area contributed by atoms with Crippen LogP contribution in [0.4, 0.5) is 5.69 Å². The number of rotatable bonds is 3. The number of anilines is 1. The molecule has 1 fully saturated rings. The number of carbonyl (C=O) groups excluding carboxylic acids is 1. The molecule has 1 aliphatic rings. The molecule has 15 heavy (non-hydrogen) atoms.